The van der Waals surface area contributed by atoms with Gasteiger partial charge in [-0.05, 0) is 37.6 Å². The van der Waals surface area contributed by atoms with Crippen LogP contribution < -0.4 is 5.32 Å². The number of rotatable bonds is 5. The van der Waals surface area contributed by atoms with Crippen LogP contribution in [0.25, 0.3) is 11.3 Å². The number of nitrogens with zero attached hydrogens (tertiary/aromatic N) is 1. The molecule has 1 aliphatic rings. The maximum absolute atomic E-state index is 5.77. The highest BCUT2D eigenvalue weighted by molar-refractivity contribution is 5.60. The number of benzene rings is 1. The van der Waals surface area contributed by atoms with Crippen LogP contribution in [0.2, 0.25) is 0 Å². The van der Waals surface area contributed by atoms with Crippen molar-refractivity contribution in [2.75, 3.05) is 11.9 Å². The third-order valence-electron chi connectivity index (χ3n) is 4.49. The van der Waals surface area contributed by atoms with Crippen molar-refractivity contribution in [1.29, 1.82) is 0 Å². The number of nitrogens with one attached hydrogen (secondary N) is 1. The van der Waals surface area contributed by atoms with Crippen molar-refractivity contribution in [3.8, 4) is 11.3 Å². The maximum atomic E-state index is 5.77. The number of anilines is 1. The van der Waals surface area contributed by atoms with Crippen molar-refractivity contribution in [3.63, 3.8) is 0 Å². The molecule has 3 rings (SSSR count). The van der Waals surface area contributed by atoms with Gasteiger partial charge < -0.3 is 14.5 Å². The molecule has 0 aliphatic heterocycles. The third kappa shape index (κ3) is 2.68. The molecule has 2 unspecified atom stereocenters. The van der Waals surface area contributed by atoms with Crippen molar-refractivity contribution in [3.05, 3.63) is 36.9 Å². The van der Waals surface area contributed by atoms with Gasteiger partial charge in [0.2, 0.25) is 0 Å². The van der Waals surface area contributed by atoms with Crippen LogP contribution in [-0.2, 0) is 4.74 Å². The first kappa shape index (κ1) is 14.1. The van der Waals surface area contributed by atoms with Crippen LogP contribution in [-0.4, -0.2) is 23.7 Å². The van der Waals surface area contributed by atoms with Crippen LogP contribution in [0.1, 0.15) is 27.2 Å². The molecule has 0 amide bonds. The highest BCUT2D eigenvalue weighted by Crippen LogP contribution is 2.44. The molecule has 0 saturated heterocycles. The quantitative estimate of drug-likeness (QED) is 0.904. The van der Waals surface area contributed by atoms with Gasteiger partial charge in [-0.2, -0.15) is 0 Å². The van der Waals surface area contributed by atoms with E-state index in [-0.39, 0.29) is 5.41 Å². The number of hydrogen-bond donors (Lipinski definition) is 1. The third-order valence-corrected chi connectivity index (χ3v) is 4.49. The summed E-state index contributed by atoms with van der Waals surface area (Å²) < 4.78 is 11.1. The van der Waals surface area contributed by atoms with Gasteiger partial charge in [-0.3, -0.25) is 0 Å². The predicted molar refractivity (Wildman–Crippen MR) is 83.2 cm³/mol. The molecular formula is C17H22N2O2. The van der Waals surface area contributed by atoms with Crippen molar-refractivity contribution in [2.24, 2.45) is 5.41 Å². The lowest BCUT2D eigenvalue weighted by Gasteiger charge is -2.52. The molecule has 1 saturated carbocycles. The molecule has 1 aliphatic carbocycles. The number of aromatic nitrogens is 1. The monoisotopic (exact) mass is 286 g/mol. The molecule has 1 heterocycles. The van der Waals surface area contributed by atoms with Crippen molar-refractivity contribution in [2.45, 2.75) is 39.3 Å². The van der Waals surface area contributed by atoms with Gasteiger partial charge in [0.1, 0.15) is 0 Å². The smallest absolute Gasteiger partial charge is 0.181 e. The van der Waals surface area contributed by atoms with Crippen LogP contribution in [0.15, 0.2) is 41.3 Å². The zero-order chi connectivity index (χ0) is 14.9. The van der Waals surface area contributed by atoms with Gasteiger partial charge in [0, 0.05) is 29.3 Å². The van der Waals surface area contributed by atoms with Crippen molar-refractivity contribution < 1.29 is 9.15 Å². The molecule has 112 valence electrons. The van der Waals surface area contributed by atoms with Crippen LogP contribution in [0.5, 0.6) is 0 Å². The molecule has 1 aromatic carbocycles. The Labute approximate surface area is 125 Å². The van der Waals surface area contributed by atoms with Gasteiger partial charge in [0.25, 0.3) is 0 Å². The Morgan fingerprint density at radius 2 is 2.10 bits per heavy atom. The van der Waals surface area contributed by atoms with Crippen molar-refractivity contribution in [1.82, 2.24) is 4.98 Å². The Morgan fingerprint density at radius 3 is 2.67 bits per heavy atom. The zero-order valence-corrected chi connectivity index (χ0v) is 12.8. The predicted octanol–water partition coefficient (Wildman–Crippen LogP) is 3.96. The molecular weight excluding hydrogens is 264 g/mol. The fourth-order valence-corrected chi connectivity index (χ4v) is 2.90. The molecule has 0 spiro atoms. The number of oxazole rings is 1. The van der Waals surface area contributed by atoms with E-state index in [1.54, 1.807) is 6.20 Å². The molecule has 0 bridgehead atoms. The van der Waals surface area contributed by atoms with Crippen LogP contribution in [0.3, 0.4) is 0 Å². The van der Waals surface area contributed by atoms with Gasteiger partial charge >= 0.3 is 0 Å². The standard InChI is InChI=1S/C17H22N2O2/c1-4-20-16-9-15(17(16,2)3)19-13-7-5-12(6-8-13)14-10-18-11-21-14/h5-8,10-11,15-16,19H,4,9H2,1-3H3. The average Bonchev–Trinajstić information content (AvgIpc) is 3.01. The minimum atomic E-state index is 0.166. The van der Waals surface area contributed by atoms with Gasteiger partial charge in [-0.15, -0.1) is 0 Å². The zero-order valence-electron chi connectivity index (χ0n) is 12.8. The Morgan fingerprint density at radius 1 is 1.33 bits per heavy atom. The largest absolute Gasteiger partial charge is 0.444 e. The molecule has 2 atom stereocenters. The van der Waals surface area contributed by atoms with E-state index in [1.807, 2.05) is 0 Å². The summed E-state index contributed by atoms with van der Waals surface area (Å²) in [6.07, 6.45) is 4.59. The van der Waals surface area contributed by atoms with E-state index in [9.17, 15) is 0 Å². The highest BCUT2D eigenvalue weighted by Gasteiger charge is 2.48. The van der Waals surface area contributed by atoms with Gasteiger partial charge in [-0.25, -0.2) is 4.98 Å². The normalized spacial score (nSPS) is 23.6. The summed E-state index contributed by atoms with van der Waals surface area (Å²) in [5, 5.41) is 3.60. The summed E-state index contributed by atoms with van der Waals surface area (Å²) in [6.45, 7) is 7.36. The lowest BCUT2D eigenvalue weighted by Crippen LogP contribution is -2.58. The van der Waals surface area contributed by atoms with E-state index < -0.39 is 0 Å². The minimum absolute atomic E-state index is 0.166. The molecule has 2 aromatic rings. The molecule has 21 heavy (non-hydrogen) atoms. The lowest BCUT2D eigenvalue weighted by molar-refractivity contribution is -0.0975. The second-order valence-electron chi connectivity index (χ2n) is 6.14. The number of hydrogen-bond acceptors (Lipinski definition) is 4. The van der Waals surface area contributed by atoms with Crippen molar-refractivity contribution >= 4 is 5.69 Å². The lowest BCUT2D eigenvalue weighted by atomic mass is 9.64. The summed E-state index contributed by atoms with van der Waals surface area (Å²) >= 11 is 0. The fraction of sp³-hybridized carbons (Fsp3) is 0.471. The summed E-state index contributed by atoms with van der Waals surface area (Å²) in [5.41, 5.74) is 2.34. The second kappa shape index (κ2) is 5.53. The van der Waals surface area contributed by atoms with Crippen LogP contribution >= 0.6 is 0 Å². The van der Waals surface area contributed by atoms with Gasteiger partial charge in [0.05, 0.1) is 12.3 Å². The van der Waals surface area contributed by atoms with E-state index in [1.165, 1.54) is 6.39 Å². The summed E-state index contributed by atoms with van der Waals surface area (Å²) in [5.74, 6) is 0.793. The molecule has 4 nitrogen and oxygen atoms in total. The van der Waals surface area contributed by atoms with Crippen LogP contribution in [0.4, 0.5) is 5.69 Å². The first-order valence-electron chi connectivity index (χ1n) is 7.48. The molecule has 1 N–H and O–H groups in total. The second-order valence-corrected chi connectivity index (χ2v) is 6.14. The minimum Gasteiger partial charge on any atom is -0.444 e. The van der Waals surface area contributed by atoms with E-state index in [4.69, 9.17) is 9.15 Å². The first-order valence-corrected chi connectivity index (χ1v) is 7.48. The first-order chi connectivity index (χ1) is 10.1. The highest BCUT2D eigenvalue weighted by atomic mass is 16.5. The van der Waals surface area contributed by atoms with E-state index >= 15 is 0 Å². The number of ether oxygens (including phenoxy) is 1. The van der Waals surface area contributed by atoms with Crippen LogP contribution in [0, 0.1) is 5.41 Å². The molecule has 4 heteroatoms. The van der Waals surface area contributed by atoms with Gasteiger partial charge in [-0.1, -0.05) is 13.8 Å². The van der Waals surface area contributed by atoms with E-state index in [2.05, 4.69) is 55.3 Å². The Balaban J connectivity index is 1.64. The van der Waals surface area contributed by atoms with E-state index in [0.717, 1.165) is 30.0 Å². The Bertz CT molecular complexity index is 575. The fourth-order valence-electron chi connectivity index (χ4n) is 2.90. The maximum Gasteiger partial charge on any atom is 0.181 e. The van der Waals surface area contributed by atoms with E-state index in [0.29, 0.717) is 12.1 Å². The molecule has 1 fully saturated rings. The topological polar surface area (TPSA) is 47.3 Å². The SMILES string of the molecule is CCOC1CC(Nc2ccc(-c3cnco3)cc2)C1(C)C. The summed E-state index contributed by atoms with van der Waals surface area (Å²) in [4.78, 5) is 3.94. The summed E-state index contributed by atoms with van der Waals surface area (Å²) in [6, 6.07) is 8.72. The summed E-state index contributed by atoms with van der Waals surface area (Å²) in [7, 11) is 0. The Kier molecular flexibility index (Phi) is 3.72. The Hall–Kier alpha value is -1.81. The molecule has 0 radical (unpaired) electrons. The average molecular weight is 286 g/mol. The molecule has 1 aromatic heterocycles. The van der Waals surface area contributed by atoms with Gasteiger partial charge in [0.15, 0.2) is 12.2 Å².